The van der Waals surface area contributed by atoms with Crippen LogP contribution in [-0.4, -0.2) is 18.9 Å². The maximum Gasteiger partial charge on any atom is 0.124 e. The molecule has 2 unspecified atom stereocenters. The number of hydrogen-bond acceptors (Lipinski definition) is 3. The van der Waals surface area contributed by atoms with E-state index in [9.17, 15) is 14.4 Å². The summed E-state index contributed by atoms with van der Waals surface area (Å²) in [5, 5.41) is 0. The highest BCUT2D eigenvalue weighted by Gasteiger charge is 2.19. The van der Waals surface area contributed by atoms with E-state index in [4.69, 9.17) is 0 Å². The second kappa shape index (κ2) is 9.56. The Kier molecular flexibility index (Phi) is 8.93. The van der Waals surface area contributed by atoms with Gasteiger partial charge in [-0.3, -0.25) is 0 Å². The smallest absolute Gasteiger partial charge is 0.124 e. The van der Waals surface area contributed by atoms with Gasteiger partial charge in [0.25, 0.3) is 0 Å². The van der Waals surface area contributed by atoms with Crippen LogP contribution in [0.5, 0.6) is 0 Å². The van der Waals surface area contributed by atoms with Gasteiger partial charge < -0.3 is 14.4 Å². The van der Waals surface area contributed by atoms with E-state index in [0.29, 0.717) is 6.29 Å². The van der Waals surface area contributed by atoms with Gasteiger partial charge in [0.1, 0.15) is 18.9 Å². The largest absolute Gasteiger partial charge is 0.303 e. The fourth-order valence-electron chi connectivity index (χ4n) is 1.63. The van der Waals surface area contributed by atoms with Gasteiger partial charge in [0.2, 0.25) is 0 Å². The molecule has 3 heteroatoms. The van der Waals surface area contributed by atoms with Crippen molar-refractivity contribution in [2.45, 2.75) is 45.4 Å². The van der Waals surface area contributed by atoms with Crippen LogP contribution >= 0.6 is 0 Å². The molecule has 0 rings (SSSR count). The first kappa shape index (κ1) is 14.0. The van der Waals surface area contributed by atoms with Crippen LogP contribution < -0.4 is 0 Å². The number of carbonyl (C=O) groups excluding carboxylic acids is 3. The van der Waals surface area contributed by atoms with Crippen molar-refractivity contribution in [1.82, 2.24) is 0 Å². The highest BCUT2D eigenvalue weighted by atomic mass is 16.1. The van der Waals surface area contributed by atoms with Crippen molar-refractivity contribution in [3.63, 3.8) is 0 Å². The van der Waals surface area contributed by atoms with Gasteiger partial charge in [0.05, 0.1) is 0 Å². The monoisotopic (exact) mass is 212 g/mol. The average Bonchev–Trinajstić information content (AvgIpc) is 2.27. The van der Waals surface area contributed by atoms with E-state index >= 15 is 0 Å². The molecule has 0 N–H and O–H groups in total. The molecule has 0 aliphatic carbocycles. The molecule has 2 atom stereocenters. The molecule has 0 amide bonds. The molecule has 0 aromatic carbocycles. The fraction of sp³-hybridized carbons (Fsp3) is 0.750. The molecule has 0 fully saturated rings. The number of hydrogen-bond donors (Lipinski definition) is 0. The summed E-state index contributed by atoms with van der Waals surface area (Å²) in [4.78, 5) is 31.7. The number of aldehydes is 3. The van der Waals surface area contributed by atoms with Crippen LogP contribution in [0.15, 0.2) is 0 Å². The lowest BCUT2D eigenvalue weighted by molar-refractivity contribution is -0.121. The molecule has 0 heterocycles. The minimum Gasteiger partial charge on any atom is -0.303 e. The summed E-state index contributed by atoms with van der Waals surface area (Å²) in [5.74, 6) is -0.689. The molecule has 0 aliphatic heterocycles. The van der Waals surface area contributed by atoms with E-state index in [0.717, 1.165) is 44.7 Å². The maximum atomic E-state index is 10.8. The Morgan fingerprint density at radius 2 is 1.60 bits per heavy atom. The SMILES string of the molecule is CCCCCCC(C=O)C(C=O)CC=O. The van der Waals surface area contributed by atoms with Gasteiger partial charge >= 0.3 is 0 Å². The average molecular weight is 212 g/mol. The summed E-state index contributed by atoms with van der Waals surface area (Å²) < 4.78 is 0. The molecule has 0 saturated heterocycles. The lowest BCUT2D eigenvalue weighted by Crippen LogP contribution is -2.18. The highest BCUT2D eigenvalue weighted by Crippen LogP contribution is 2.18. The van der Waals surface area contributed by atoms with Crippen LogP contribution in [0.3, 0.4) is 0 Å². The quantitative estimate of drug-likeness (QED) is 0.412. The van der Waals surface area contributed by atoms with E-state index in [1.807, 2.05) is 0 Å². The van der Waals surface area contributed by atoms with Crippen LogP contribution in [0.1, 0.15) is 45.4 Å². The molecule has 0 aromatic heterocycles. The molecular formula is C12H20O3. The summed E-state index contributed by atoms with van der Waals surface area (Å²) in [6, 6.07) is 0. The van der Waals surface area contributed by atoms with Crippen LogP contribution in [0, 0.1) is 11.8 Å². The maximum absolute atomic E-state index is 10.8. The van der Waals surface area contributed by atoms with Crippen molar-refractivity contribution in [1.29, 1.82) is 0 Å². The van der Waals surface area contributed by atoms with Gasteiger partial charge in [-0.2, -0.15) is 0 Å². The molecule has 3 nitrogen and oxygen atoms in total. The first-order chi connectivity index (χ1) is 7.29. The van der Waals surface area contributed by atoms with Crippen LogP contribution in [0.25, 0.3) is 0 Å². The van der Waals surface area contributed by atoms with Crippen molar-refractivity contribution >= 4 is 18.9 Å². The fourth-order valence-corrected chi connectivity index (χ4v) is 1.63. The van der Waals surface area contributed by atoms with Crippen molar-refractivity contribution in [2.24, 2.45) is 11.8 Å². The van der Waals surface area contributed by atoms with Crippen molar-refractivity contribution in [2.75, 3.05) is 0 Å². The van der Waals surface area contributed by atoms with Crippen molar-refractivity contribution in [3.05, 3.63) is 0 Å². The Hall–Kier alpha value is -0.990. The number of carbonyl (C=O) groups is 3. The van der Waals surface area contributed by atoms with E-state index in [1.165, 1.54) is 0 Å². The third-order valence-electron chi connectivity index (χ3n) is 2.66. The van der Waals surface area contributed by atoms with E-state index in [2.05, 4.69) is 6.92 Å². The molecular weight excluding hydrogens is 192 g/mol. The zero-order chi connectivity index (χ0) is 11.5. The summed E-state index contributed by atoms with van der Waals surface area (Å²) in [6.07, 6.45) is 7.50. The number of unbranched alkanes of at least 4 members (excludes halogenated alkanes) is 3. The third-order valence-corrected chi connectivity index (χ3v) is 2.66. The highest BCUT2D eigenvalue weighted by molar-refractivity contribution is 5.68. The molecule has 86 valence electrons. The summed E-state index contributed by atoms with van der Waals surface area (Å²) in [5.41, 5.74) is 0. The lowest BCUT2D eigenvalue weighted by atomic mass is 9.88. The van der Waals surface area contributed by atoms with Crippen LogP contribution in [-0.2, 0) is 14.4 Å². The van der Waals surface area contributed by atoms with Gasteiger partial charge in [0.15, 0.2) is 0 Å². The predicted molar refractivity (Wildman–Crippen MR) is 58.5 cm³/mol. The molecule has 0 radical (unpaired) electrons. The molecule has 15 heavy (non-hydrogen) atoms. The summed E-state index contributed by atoms with van der Waals surface area (Å²) in [7, 11) is 0. The van der Waals surface area contributed by atoms with Gasteiger partial charge in [-0.05, 0) is 6.42 Å². The molecule has 0 bridgehead atoms. The van der Waals surface area contributed by atoms with Crippen LogP contribution in [0.4, 0.5) is 0 Å². The predicted octanol–water partition coefficient (Wildman–Crippen LogP) is 2.18. The molecule has 0 saturated carbocycles. The Labute approximate surface area is 91.2 Å². The standard InChI is InChI=1S/C12H20O3/c1-2-3-4-5-6-11(9-14)12(10-15)7-8-13/h8-12H,2-7H2,1H3. The van der Waals surface area contributed by atoms with Crippen LogP contribution in [0.2, 0.25) is 0 Å². The minimum absolute atomic E-state index is 0.167. The summed E-state index contributed by atoms with van der Waals surface area (Å²) in [6.45, 7) is 2.12. The third kappa shape index (κ3) is 6.15. The topological polar surface area (TPSA) is 51.2 Å². The van der Waals surface area contributed by atoms with Gasteiger partial charge in [-0.25, -0.2) is 0 Å². The Balaban J connectivity index is 3.92. The van der Waals surface area contributed by atoms with Gasteiger partial charge in [0, 0.05) is 18.3 Å². The second-order valence-corrected chi connectivity index (χ2v) is 3.85. The Morgan fingerprint density at radius 1 is 0.933 bits per heavy atom. The normalized spacial score (nSPS) is 14.2. The summed E-state index contributed by atoms with van der Waals surface area (Å²) >= 11 is 0. The second-order valence-electron chi connectivity index (χ2n) is 3.85. The van der Waals surface area contributed by atoms with Crippen molar-refractivity contribution in [3.8, 4) is 0 Å². The molecule has 0 aliphatic rings. The first-order valence-electron chi connectivity index (χ1n) is 5.64. The minimum atomic E-state index is -0.415. The lowest BCUT2D eigenvalue weighted by Gasteiger charge is -2.14. The van der Waals surface area contributed by atoms with Crippen molar-refractivity contribution < 1.29 is 14.4 Å². The molecule has 0 spiro atoms. The van der Waals surface area contributed by atoms with E-state index in [1.54, 1.807) is 0 Å². The van der Waals surface area contributed by atoms with Gasteiger partial charge in [-0.15, -0.1) is 0 Å². The first-order valence-corrected chi connectivity index (χ1v) is 5.64. The van der Waals surface area contributed by atoms with Gasteiger partial charge in [-0.1, -0.05) is 32.6 Å². The zero-order valence-electron chi connectivity index (χ0n) is 9.35. The zero-order valence-corrected chi connectivity index (χ0v) is 9.35. The van der Waals surface area contributed by atoms with E-state index in [-0.39, 0.29) is 12.3 Å². The molecule has 0 aromatic rings. The Morgan fingerprint density at radius 3 is 2.07 bits per heavy atom. The van der Waals surface area contributed by atoms with E-state index < -0.39 is 5.92 Å². The Bertz CT molecular complexity index is 189. The number of rotatable bonds is 10.